The van der Waals surface area contributed by atoms with Gasteiger partial charge in [0.05, 0.1) is 17.4 Å². The second-order valence-corrected chi connectivity index (χ2v) is 10.2. The van der Waals surface area contributed by atoms with Crippen LogP contribution in [0.4, 0.5) is 31.9 Å². The SMILES string of the molecule is CN1CC[C@@H](NC(=O)c2cc(F)c(Nc3ncc4c(n3)N(C3CCCCC3)CCC(=O)N4C)cc2F)C1. The molecular formula is C26H33F2N7O2. The van der Waals surface area contributed by atoms with Crippen LogP contribution in [-0.2, 0) is 4.79 Å². The summed E-state index contributed by atoms with van der Waals surface area (Å²) in [5.74, 6) is -1.58. The Morgan fingerprint density at radius 2 is 1.84 bits per heavy atom. The maximum Gasteiger partial charge on any atom is 0.254 e. The van der Waals surface area contributed by atoms with E-state index >= 15 is 4.39 Å². The minimum absolute atomic E-state index is 0.0184. The number of amides is 2. The van der Waals surface area contributed by atoms with E-state index in [1.165, 1.54) is 6.42 Å². The first kappa shape index (κ1) is 25.3. The number of hydrogen-bond acceptors (Lipinski definition) is 7. The quantitative estimate of drug-likeness (QED) is 0.633. The predicted molar refractivity (Wildman–Crippen MR) is 137 cm³/mol. The molecule has 5 rings (SSSR count). The highest BCUT2D eigenvalue weighted by molar-refractivity contribution is 5.97. The first-order valence-corrected chi connectivity index (χ1v) is 13.0. The second kappa shape index (κ2) is 10.6. The molecule has 9 nitrogen and oxygen atoms in total. The molecule has 1 atom stereocenters. The van der Waals surface area contributed by atoms with Gasteiger partial charge in [-0.25, -0.2) is 13.8 Å². The van der Waals surface area contributed by atoms with Crippen LogP contribution >= 0.6 is 0 Å². The molecule has 2 amide bonds. The Labute approximate surface area is 215 Å². The van der Waals surface area contributed by atoms with Crippen molar-refractivity contribution in [2.45, 2.75) is 57.0 Å². The first-order valence-electron chi connectivity index (χ1n) is 13.0. The summed E-state index contributed by atoms with van der Waals surface area (Å²) in [5, 5.41) is 5.55. The molecule has 0 spiro atoms. The largest absolute Gasteiger partial charge is 0.351 e. The van der Waals surface area contributed by atoms with Gasteiger partial charge in [0, 0.05) is 44.7 Å². The molecule has 2 aliphatic heterocycles. The number of rotatable bonds is 5. The fourth-order valence-electron chi connectivity index (χ4n) is 5.50. The number of aromatic nitrogens is 2. The van der Waals surface area contributed by atoms with Crippen molar-refractivity contribution in [1.29, 1.82) is 0 Å². The van der Waals surface area contributed by atoms with Crippen LogP contribution in [0.5, 0.6) is 0 Å². The van der Waals surface area contributed by atoms with Gasteiger partial charge in [0.25, 0.3) is 5.91 Å². The number of likely N-dealkylation sites (N-methyl/N-ethyl adjacent to an activating group) is 1. The Balaban J connectivity index is 1.39. The van der Waals surface area contributed by atoms with E-state index in [1.807, 2.05) is 7.05 Å². The average molecular weight is 514 g/mol. The third-order valence-corrected chi connectivity index (χ3v) is 7.61. The first-order chi connectivity index (χ1) is 17.8. The Morgan fingerprint density at radius 3 is 2.57 bits per heavy atom. The monoisotopic (exact) mass is 513 g/mol. The van der Waals surface area contributed by atoms with Gasteiger partial charge in [0.2, 0.25) is 11.9 Å². The molecule has 2 aromatic rings. The van der Waals surface area contributed by atoms with Crippen LogP contribution in [0.15, 0.2) is 18.3 Å². The highest BCUT2D eigenvalue weighted by Gasteiger charge is 2.31. The second-order valence-electron chi connectivity index (χ2n) is 10.2. The van der Waals surface area contributed by atoms with Crippen LogP contribution in [-0.4, -0.2) is 72.5 Å². The van der Waals surface area contributed by atoms with E-state index in [0.717, 1.165) is 50.8 Å². The third-order valence-electron chi connectivity index (χ3n) is 7.61. The zero-order valence-electron chi connectivity index (χ0n) is 21.3. The Hall–Kier alpha value is -3.34. The Kier molecular flexibility index (Phi) is 7.23. The number of fused-ring (bicyclic) bond motifs is 1. The van der Waals surface area contributed by atoms with E-state index in [1.54, 1.807) is 18.1 Å². The van der Waals surface area contributed by atoms with Crippen molar-refractivity contribution in [2.24, 2.45) is 0 Å². The number of nitrogens with one attached hydrogen (secondary N) is 2. The lowest BCUT2D eigenvalue weighted by atomic mass is 9.94. The summed E-state index contributed by atoms with van der Waals surface area (Å²) in [6.45, 7) is 2.05. The van der Waals surface area contributed by atoms with Crippen LogP contribution in [0.2, 0.25) is 0 Å². The maximum atomic E-state index is 15.0. The molecule has 37 heavy (non-hydrogen) atoms. The van der Waals surface area contributed by atoms with Gasteiger partial charge >= 0.3 is 0 Å². The molecule has 0 unspecified atom stereocenters. The normalized spacial score (nSPS) is 21.1. The summed E-state index contributed by atoms with van der Waals surface area (Å²) < 4.78 is 29.9. The number of anilines is 4. The minimum Gasteiger partial charge on any atom is -0.351 e. The lowest BCUT2D eigenvalue weighted by Crippen LogP contribution is -2.38. The van der Waals surface area contributed by atoms with Crippen LogP contribution in [0.3, 0.4) is 0 Å². The fraction of sp³-hybridized carbons (Fsp3) is 0.538. The van der Waals surface area contributed by atoms with Gasteiger partial charge in [-0.15, -0.1) is 0 Å². The van der Waals surface area contributed by atoms with Crippen molar-refractivity contribution in [3.05, 3.63) is 35.5 Å². The molecule has 0 bridgehead atoms. The summed E-state index contributed by atoms with van der Waals surface area (Å²) >= 11 is 0. The molecule has 3 aliphatic rings. The number of carbonyl (C=O) groups is 2. The van der Waals surface area contributed by atoms with E-state index in [0.29, 0.717) is 31.0 Å². The number of halogens is 2. The molecule has 1 saturated carbocycles. The molecule has 1 aromatic carbocycles. The van der Waals surface area contributed by atoms with Gasteiger partial charge in [-0.3, -0.25) is 9.59 Å². The number of likely N-dealkylation sites (tertiary alicyclic amines) is 1. The fourth-order valence-corrected chi connectivity index (χ4v) is 5.50. The minimum atomic E-state index is -0.836. The van der Waals surface area contributed by atoms with Gasteiger partial charge in [-0.05, 0) is 38.9 Å². The summed E-state index contributed by atoms with van der Waals surface area (Å²) in [5.41, 5.74) is 0.0794. The summed E-state index contributed by atoms with van der Waals surface area (Å²) in [7, 11) is 3.64. The smallest absolute Gasteiger partial charge is 0.254 e. The molecule has 1 saturated heterocycles. The van der Waals surface area contributed by atoms with Gasteiger partial charge < -0.3 is 25.3 Å². The van der Waals surface area contributed by atoms with Crippen molar-refractivity contribution in [2.75, 3.05) is 48.8 Å². The van der Waals surface area contributed by atoms with E-state index in [-0.39, 0.29) is 35.2 Å². The molecule has 1 aromatic heterocycles. The van der Waals surface area contributed by atoms with Crippen molar-refractivity contribution < 1.29 is 18.4 Å². The van der Waals surface area contributed by atoms with Gasteiger partial charge in [-0.1, -0.05) is 19.3 Å². The van der Waals surface area contributed by atoms with E-state index in [4.69, 9.17) is 0 Å². The Morgan fingerprint density at radius 1 is 1.05 bits per heavy atom. The van der Waals surface area contributed by atoms with Crippen molar-refractivity contribution in [3.8, 4) is 0 Å². The maximum absolute atomic E-state index is 15.0. The summed E-state index contributed by atoms with van der Waals surface area (Å²) in [4.78, 5) is 39.9. The molecule has 11 heteroatoms. The van der Waals surface area contributed by atoms with Crippen LogP contribution in [0.25, 0.3) is 0 Å². The summed E-state index contributed by atoms with van der Waals surface area (Å²) in [6.07, 6.45) is 8.15. The molecule has 1 aliphatic carbocycles. The molecular weight excluding hydrogens is 480 g/mol. The van der Waals surface area contributed by atoms with E-state index < -0.39 is 17.5 Å². The standard InChI is InChI=1S/C26H33F2N7O2/c1-33-10-8-16(15-33)30-25(37)18-12-20(28)21(13-19(18)27)31-26-29-14-22-24(32-26)35(11-9-23(36)34(22)2)17-6-4-3-5-7-17/h12-14,16-17H,3-11,15H2,1-2H3,(H,30,37)(H,29,31,32)/t16-/m1/s1. The lowest BCUT2D eigenvalue weighted by molar-refractivity contribution is -0.118. The number of hydrogen-bond donors (Lipinski definition) is 2. The van der Waals surface area contributed by atoms with E-state index in [9.17, 15) is 14.0 Å². The molecule has 3 heterocycles. The topological polar surface area (TPSA) is 93.7 Å². The Bertz CT molecular complexity index is 1190. The highest BCUT2D eigenvalue weighted by atomic mass is 19.1. The van der Waals surface area contributed by atoms with Crippen molar-refractivity contribution in [3.63, 3.8) is 0 Å². The zero-order valence-corrected chi connectivity index (χ0v) is 21.3. The number of carbonyl (C=O) groups excluding carboxylic acids is 2. The predicted octanol–water partition coefficient (Wildman–Crippen LogP) is 3.44. The van der Waals surface area contributed by atoms with Crippen molar-refractivity contribution in [1.82, 2.24) is 20.2 Å². The van der Waals surface area contributed by atoms with Crippen LogP contribution in [0.1, 0.15) is 55.3 Å². The molecule has 2 N–H and O–H groups in total. The highest BCUT2D eigenvalue weighted by Crippen LogP contribution is 2.36. The zero-order chi connectivity index (χ0) is 26.1. The number of benzene rings is 1. The van der Waals surface area contributed by atoms with Gasteiger partial charge in [0.15, 0.2) is 5.82 Å². The number of nitrogens with zero attached hydrogens (tertiary/aromatic N) is 5. The van der Waals surface area contributed by atoms with Crippen LogP contribution < -0.4 is 20.4 Å². The molecule has 0 radical (unpaired) electrons. The summed E-state index contributed by atoms with van der Waals surface area (Å²) in [6, 6.07) is 2.02. The van der Waals surface area contributed by atoms with Crippen molar-refractivity contribution >= 4 is 35.0 Å². The van der Waals surface area contributed by atoms with E-state index in [2.05, 4.69) is 30.4 Å². The van der Waals surface area contributed by atoms with Crippen LogP contribution in [0, 0.1) is 11.6 Å². The average Bonchev–Trinajstić information content (AvgIpc) is 3.25. The lowest BCUT2D eigenvalue weighted by Gasteiger charge is -2.35. The van der Waals surface area contributed by atoms with Gasteiger partial charge in [0.1, 0.15) is 17.3 Å². The third kappa shape index (κ3) is 5.36. The molecule has 198 valence electrons. The molecule has 2 fully saturated rings. The van der Waals surface area contributed by atoms with Gasteiger partial charge in [-0.2, -0.15) is 4.98 Å².